The Morgan fingerprint density at radius 2 is 2.50 bits per heavy atom. The molecule has 0 bridgehead atoms. The van der Waals surface area contributed by atoms with Crippen LogP contribution in [-0.4, -0.2) is 6.04 Å². The number of nitrogens with one attached hydrogen (secondary N) is 2. The average molecular weight is 112 g/mol. The van der Waals surface area contributed by atoms with Crippen LogP contribution in [0.2, 0.25) is 0 Å². The third kappa shape index (κ3) is 0.842. The van der Waals surface area contributed by atoms with E-state index in [1.807, 2.05) is 6.20 Å². The molecule has 0 aromatic heterocycles. The molecule has 0 spiro atoms. The number of hydrogen-bond donors (Lipinski definition) is 2. The molecule has 0 aliphatic carbocycles. The van der Waals surface area contributed by atoms with Gasteiger partial charge in [-0.05, 0) is 18.9 Å². The van der Waals surface area contributed by atoms with Crippen LogP contribution in [0.1, 0.15) is 20.3 Å². The molecule has 0 aromatic carbocycles. The highest BCUT2D eigenvalue weighted by Crippen LogP contribution is 2.07. The highest BCUT2D eigenvalue weighted by Gasteiger charge is 2.09. The summed E-state index contributed by atoms with van der Waals surface area (Å²) >= 11 is 0. The Kier molecular flexibility index (Phi) is 1.53. The first kappa shape index (κ1) is 5.63. The lowest BCUT2D eigenvalue weighted by Gasteiger charge is -2.03. The smallest absolute Gasteiger partial charge is 0.0458 e. The Morgan fingerprint density at radius 3 is 2.75 bits per heavy atom. The summed E-state index contributed by atoms with van der Waals surface area (Å²) < 4.78 is 0. The van der Waals surface area contributed by atoms with Crippen LogP contribution < -0.4 is 10.9 Å². The van der Waals surface area contributed by atoms with Crippen molar-refractivity contribution in [3.8, 4) is 0 Å². The van der Waals surface area contributed by atoms with Crippen molar-refractivity contribution in [3.63, 3.8) is 0 Å². The largest absolute Gasteiger partial charge is 0.328 e. The average Bonchev–Trinajstić information content (AvgIpc) is 2.14. The van der Waals surface area contributed by atoms with Crippen molar-refractivity contribution in [2.75, 3.05) is 0 Å². The standard InChI is InChI=1S/C6H12N2/c1-3-6-4-7-8-5(6)2/h4-5,7-8H,3H2,1-2H3. The molecule has 0 fully saturated rings. The molecule has 1 unspecified atom stereocenters. The Balaban J connectivity index is 2.49. The van der Waals surface area contributed by atoms with Crippen molar-refractivity contribution in [1.82, 2.24) is 10.9 Å². The molecule has 1 aliphatic rings. The normalized spacial score (nSPS) is 27.2. The van der Waals surface area contributed by atoms with Crippen LogP contribution in [0.25, 0.3) is 0 Å². The van der Waals surface area contributed by atoms with Crippen LogP contribution >= 0.6 is 0 Å². The molecular formula is C6H12N2. The van der Waals surface area contributed by atoms with E-state index in [-0.39, 0.29) is 0 Å². The van der Waals surface area contributed by atoms with Gasteiger partial charge in [0, 0.05) is 12.2 Å². The summed E-state index contributed by atoms with van der Waals surface area (Å²) in [6, 6.07) is 0.528. The van der Waals surface area contributed by atoms with Gasteiger partial charge in [0.1, 0.15) is 0 Å². The van der Waals surface area contributed by atoms with Crippen molar-refractivity contribution < 1.29 is 0 Å². The second kappa shape index (κ2) is 2.18. The lowest BCUT2D eigenvalue weighted by Crippen LogP contribution is -2.28. The zero-order valence-corrected chi connectivity index (χ0v) is 5.36. The SMILES string of the molecule is CCC1=CNNC1C. The fourth-order valence-corrected chi connectivity index (χ4v) is 0.885. The lowest BCUT2D eigenvalue weighted by molar-refractivity contribution is 0.602. The summed E-state index contributed by atoms with van der Waals surface area (Å²) in [5.74, 6) is 0. The van der Waals surface area contributed by atoms with E-state index in [9.17, 15) is 0 Å². The monoisotopic (exact) mass is 112 g/mol. The quantitative estimate of drug-likeness (QED) is 0.523. The molecule has 1 heterocycles. The molecule has 8 heavy (non-hydrogen) atoms. The molecule has 0 aromatic rings. The molecule has 1 aliphatic heterocycles. The molecule has 1 atom stereocenters. The molecule has 0 radical (unpaired) electrons. The van der Waals surface area contributed by atoms with Gasteiger partial charge in [-0.1, -0.05) is 6.92 Å². The van der Waals surface area contributed by atoms with Gasteiger partial charge >= 0.3 is 0 Å². The van der Waals surface area contributed by atoms with Crippen molar-refractivity contribution in [2.45, 2.75) is 26.3 Å². The summed E-state index contributed by atoms with van der Waals surface area (Å²) in [5.41, 5.74) is 7.49. The number of hydrogen-bond acceptors (Lipinski definition) is 2. The minimum absolute atomic E-state index is 0.528. The first-order valence-corrected chi connectivity index (χ1v) is 3.04. The Hall–Kier alpha value is -0.500. The van der Waals surface area contributed by atoms with E-state index < -0.39 is 0 Å². The first-order chi connectivity index (χ1) is 3.84. The van der Waals surface area contributed by atoms with E-state index in [0.29, 0.717) is 6.04 Å². The fourth-order valence-electron chi connectivity index (χ4n) is 0.885. The minimum Gasteiger partial charge on any atom is -0.328 e. The molecule has 0 saturated carbocycles. The highest BCUT2D eigenvalue weighted by molar-refractivity contribution is 5.11. The van der Waals surface area contributed by atoms with Crippen molar-refractivity contribution in [3.05, 3.63) is 11.8 Å². The van der Waals surface area contributed by atoms with E-state index >= 15 is 0 Å². The van der Waals surface area contributed by atoms with Crippen LogP contribution in [0.15, 0.2) is 11.8 Å². The summed E-state index contributed by atoms with van der Waals surface area (Å²) in [4.78, 5) is 0. The summed E-state index contributed by atoms with van der Waals surface area (Å²) in [5, 5.41) is 0. The topological polar surface area (TPSA) is 24.1 Å². The van der Waals surface area contributed by atoms with Crippen LogP contribution in [0, 0.1) is 0 Å². The summed E-state index contributed by atoms with van der Waals surface area (Å²) in [7, 11) is 0. The Labute approximate surface area is 49.9 Å². The summed E-state index contributed by atoms with van der Waals surface area (Å²) in [6.45, 7) is 4.31. The van der Waals surface area contributed by atoms with Crippen LogP contribution in [0.4, 0.5) is 0 Å². The van der Waals surface area contributed by atoms with Gasteiger partial charge in [0.25, 0.3) is 0 Å². The predicted molar refractivity (Wildman–Crippen MR) is 34.1 cm³/mol. The third-order valence-electron chi connectivity index (χ3n) is 1.52. The van der Waals surface area contributed by atoms with Crippen LogP contribution in [0.3, 0.4) is 0 Å². The molecule has 2 heteroatoms. The first-order valence-electron chi connectivity index (χ1n) is 3.04. The lowest BCUT2D eigenvalue weighted by atomic mass is 10.1. The predicted octanol–water partition coefficient (Wildman–Crippen LogP) is 0.777. The second-order valence-electron chi connectivity index (χ2n) is 2.08. The number of rotatable bonds is 1. The zero-order valence-electron chi connectivity index (χ0n) is 5.36. The van der Waals surface area contributed by atoms with Crippen molar-refractivity contribution >= 4 is 0 Å². The second-order valence-corrected chi connectivity index (χ2v) is 2.08. The van der Waals surface area contributed by atoms with Gasteiger partial charge in [-0.2, -0.15) is 0 Å². The number of hydrazine groups is 1. The van der Waals surface area contributed by atoms with Crippen LogP contribution in [-0.2, 0) is 0 Å². The van der Waals surface area contributed by atoms with Gasteiger partial charge in [0.15, 0.2) is 0 Å². The maximum Gasteiger partial charge on any atom is 0.0458 e. The fraction of sp³-hybridized carbons (Fsp3) is 0.667. The van der Waals surface area contributed by atoms with Gasteiger partial charge in [-0.3, -0.25) is 0 Å². The molecule has 0 amide bonds. The highest BCUT2D eigenvalue weighted by atomic mass is 15.4. The van der Waals surface area contributed by atoms with Gasteiger partial charge in [-0.25, -0.2) is 5.43 Å². The maximum atomic E-state index is 3.08. The van der Waals surface area contributed by atoms with E-state index in [1.54, 1.807) is 0 Å². The van der Waals surface area contributed by atoms with E-state index in [0.717, 1.165) is 6.42 Å². The van der Waals surface area contributed by atoms with Crippen molar-refractivity contribution in [1.29, 1.82) is 0 Å². The van der Waals surface area contributed by atoms with E-state index in [1.165, 1.54) is 5.57 Å². The van der Waals surface area contributed by atoms with Gasteiger partial charge in [0.05, 0.1) is 0 Å². The molecule has 2 N–H and O–H groups in total. The third-order valence-corrected chi connectivity index (χ3v) is 1.52. The van der Waals surface area contributed by atoms with Gasteiger partial charge in [-0.15, -0.1) is 0 Å². The minimum atomic E-state index is 0.528. The van der Waals surface area contributed by atoms with Crippen molar-refractivity contribution in [2.24, 2.45) is 0 Å². The van der Waals surface area contributed by atoms with E-state index in [2.05, 4.69) is 24.7 Å². The molecule has 2 nitrogen and oxygen atoms in total. The Morgan fingerprint density at radius 1 is 1.75 bits per heavy atom. The molecule has 1 rings (SSSR count). The maximum absolute atomic E-state index is 3.08. The zero-order chi connectivity index (χ0) is 5.98. The molecule has 0 saturated heterocycles. The van der Waals surface area contributed by atoms with Gasteiger partial charge in [0.2, 0.25) is 0 Å². The summed E-state index contributed by atoms with van der Waals surface area (Å²) in [6.07, 6.45) is 3.17. The Bertz CT molecular complexity index is 107. The molecular weight excluding hydrogens is 100 g/mol. The van der Waals surface area contributed by atoms with Gasteiger partial charge < -0.3 is 5.43 Å². The van der Waals surface area contributed by atoms with Crippen LogP contribution in [0.5, 0.6) is 0 Å². The van der Waals surface area contributed by atoms with E-state index in [4.69, 9.17) is 0 Å². The molecule has 46 valence electrons.